The lowest BCUT2D eigenvalue weighted by atomic mass is 10.1. The molecule has 0 bridgehead atoms. The van der Waals surface area contributed by atoms with E-state index in [2.05, 4.69) is 17.0 Å². The molecule has 6 nitrogen and oxygen atoms in total. The Morgan fingerprint density at radius 1 is 1.04 bits per heavy atom. The van der Waals surface area contributed by atoms with Crippen molar-refractivity contribution in [3.05, 3.63) is 54.1 Å². The number of hydrogen-bond donors (Lipinski definition) is 0. The zero-order valence-corrected chi connectivity index (χ0v) is 15.1. The van der Waals surface area contributed by atoms with Crippen LogP contribution in [0.15, 0.2) is 53.8 Å². The molecular formula is C20H25N3O3. The van der Waals surface area contributed by atoms with Crippen molar-refractivity contribution >= 4 is 11.9 Å². The fourth-order valence-corrected chi connectivity index (χ4v) is 2.42. The second-order valence-corrected chi connectivity index (χ2v) is 5.99. The van der Waals surface area contributed by atoms with Gasteiger partial charge in [-0.05, 0) is 24.6 Å². The van der Waals surface area contributed by atoms with Gasteiger partial charge in [-0.25, -0.2) is 14.5 Å². The monoisotopic (exact) mass is 355 g/mol. The lowest BCUT2D eigenvalue weighted by molar-refractivity contribution is -0.153. The third-order valence-electron chi connectivity index (χ3n) is 3.86. The number of nitrogens with zero attached hydrogens (tertiary/aromatic N) is 3. The third kappa shape index (κ3) is 6.63. The molecule has 0 spiro atoms. The van der Waals surface area contributed by atoms with Crippen molar-refractivity contribution in [1.82, 2.24) is 9.78 Å². The van der Waals surface area contributed by atoms with Gasteiger partial charge >= 0.3 is 11.9 Å². The molecule has 1 amide bonds. The van der Waals surface area contributed by atoms with Crippen LogP contribution in [0.5, 0.6) is 0 Å². The molecule has 1 heterocycles. The number of carbonyl (C=O) groups excluding carboxylic acids is 2. The number of carbonyl (C=O) groups is 2. The Labute approximate surface area is 153 Å². The van der Waals surface area contributed by atoms with Crippen LogP contribution in [-0.2, 0) is 14.3 Å². The summed E-state index contributed by atoms with van der Waals surface area (Å²) in [5, 5.41) is 4.51. The highest BCUT2D eigenvalue weighted by molar-refractivity contribution is 6.32. The summed E-state index contributed by atoms with van der Waals surface area (Å²) >= 11 is 0. The van der Waals surface area contributed by atoms with Crippen LogP contribution in [0.2, 0.25) is 0 Å². The van der Waals surface area contributed by atoms with E-state index in [0.29, 0.717) is 5.36 Å². The quantitative estimate of drug-likeness (QED) is 0.414. The summed E-state index contributed by atoms with van der Waals surface area (Å²) < 4.78 is 6.62. The summed E-state index contributed by atoms with van der Waals surface area (Å²) in [5.74, 6) is -1.83. The van der Waals surface area contributed by atoms with Crippen LogP contribution in [-0.4, -0.2) is 28.3 Å². The van der Waals surface area contributed by atoms with Gasteiger partial charge < -0.3 is 4.74 Å². The van der Waals surface area contributed by atoms with E-state index in [0.717, 1.165) is 24.9 Å². The van der Waals surface area contributed by atoms with Crippen LogP contribution in [0.3, 0.4) is 0 Å². The van der Waals surface area contributed by atoms with Gasteiger partial charge in [-0.2, -0.15) is 5.10 Å². The Balaban J connectivity index is 1.81. The summed E-state index contributed by atoms with van der Waals surface area (Å²) in [4.78, 5) is 27.2. The van der Waals surface area contributed by atoms with Crippen molar-refractivity contribution in [2.24, 2.45) is 4.99 Å². The Kier molecular flexibility index (Phi) is 8.26. The average molecular weight is 355 g/mol. The van der Waals surface area contributed by atoms with E-state index in [9.17, 15) is 9.59 Å². The topological polar surface area (TPSA) is 73.6 Å². The highest BCUT2D eigenvalue weighted by Crippen LogP contribution is 2.05. The highest BCUT2D eigenvalue weighted by Gasteiger charge is 2.13. The standard InChI is InChI=1S/C20H25N3O3/c1-2-3-4-5-6-10-15-26-20(25)19(24)22-17-13-14-23(21-16-17)18-11-8-7-9-12-18/h7-9,11-14,16H,2-6,10,15H2,1H3. The van der Waals surface area contributed by atoms with Crippen LogP contribution < -0.4 is 5.36 Å². The van der Waals surface area contributed by atoms with Gasteiger partial charge in [0.2, 0.25) is 0 Å². The molecule has 0 aliphatic rings. The molecule has 0 radical (unpaired) electrons. The number of esters is 1. The number of unbranched alkanes of at least 4 members (excludes halogenated alkanes) is 5. The molecule has 0 aliphatic carbocycles. The Bertz CT molecular complexity index is 749. The number of para-hydroxylation sites is 1. The van der Waals surface area contributed by atoms with E-state index in [4.69, 9.17) is 4.74 Å². The smallest absolute Gasteiger partial charge is 0.399 e. The molecule has 0 N–H and O–H groups in total. The predicted molar refractivity (Wildman–Crippen MR) is 98.5 cm³/mol. The maximum atomic E-state index is 11.8. The minimum atomic E-state index is -0.918. The van der Waals surface area contributed by atoms with Crippen LogP contribution in [0.1, 0.15) is 45.4 Å². The normalized spacial score (nSPS) is 11.3. The molecule has 138 valence electrons. The molecule has 0 unspecified atom stereocenters. The second kappa shape index (κ2) is 11.0. The second-order valence-electron chi connectivity index (χ2n) is 5.99. The van der Waals surface area contributed by atoms with Crippen molar-refractivity contribution in [1.29, 1.82) is 0 Å². The Hall–Kier alpha value is -2.76. The minimum absolute atomic E-state index is 0.257. The molecule has 1 aromatic carbocycles. The van der Waals surface area contributed by atoms with E-state index < -0.39 is 11.9 Å². The SMILES string of the molecule is CCCCCCCCOC(=O)C(=O)N=c1ccn(-c2ccccc2)nc1. The molecule has 0 atom stereocenters. The number of hydrogen-bond acceptors (Lipinski definition) is 4. The molecule has 1 aromatic heterocycles. The van der Waals surface area contributed by atoms with Crippen LogP contribution in [0.25, 0.3) is 5.69 Å². The minimum Gasteiger partial charge on any atom is -0.458 e. The number of benzene rings is 1. The summed E-state index contributed by atoms with van der Waals surface area (Å²) in [6.07, 6.45) is 9.64. The van der Waals surface area contributed by atoms with E-state index in [1.165, 1.54) is 25.5 Å². The first-order valence-corrected chi connectivity index (χ1v) is 9.07. The summed E-state index contributed by atoms with van der Waals surface area (Å²) in [5.41, 5.74) is 0.892. The van der Waals surface area contributed by atoms with Crippen LogP contribution in [0, 0.1) is 0 Å². The maximum absolute atomic E-state index is 11.8. The van der Waals surface area contributed by atoms with Gasteiger partial charge in [-0.15, -0.1) is 0 Å². The van der Waals surface area contributed by atoms with Crippen molar-refractivity contribution < 1.29 is 14.3 Å². The largest absolute Gasteiger partial charge is 0.458 e. The number of rotatable bonds is 8. The van der Waals surface area contributed by atoms with E-state index in [1.54, 1.807) is 16.9 Å². The highest BCUT2D eigenvalue weighted by atomic mass is 16.5. The lowest BCUT2D eigenvalue weighted by Crippen LogP contribution is -2.19. The van der Waals surface area contributed by atoms with Gasteiger partial charge in [-0.1, -0.05) is 57.2 Å². The lowest BCUT2D eigenvalue weighted by Gasteiger charge is -2.03. The molecule has 0 saturated heterocycles. The van der Waals surface area contributed by atoms with E-state index in [1.807, 2.05) is 30.3 Å². The number of aromatic nitrogens is 2. The first-order chi connectivity index (χ1) is 12.7. The third-order valence-corrected chi connectivity index (χ3v) is 3.86. The zero-order chi connectivity index (χ0) is 18.6. The molecule has 0 fully saturated rings. The van der Waals surface area contributed by atoms with E-state index >= 15 is 0 Å². The van der Waals surface area contributed by atoms with Crippen molar-refractivity contribution in [2.75, 3.05) is 6.61 Å². The number of amides is 1. The first kappa shape index (κ1) is 19.6. The summed E-state index contributed by atoms with van der Waals surface area (Å²) in [7, 11) is 0. The summed E-state index contributed by atoms with van der Waals surface area (Å²) in [6.45, 7) is 2.42. The van der Waals surface area contributed by atoms with Gasteiger partial charge in [-0.3, -0.25) is 4.79 Å². The first-order valence-electron chi connectivity index (χ1n) is 9.07. The number of ether oxygens (including phenoxy) is 1. The van der Waals surface area contributed by atoms with Gasteiger partial charge in [0.15, 0.2) is 0 Å². The van der Waals surface area contributed by atoms with Crippen molar-refractivity contribution in [2.45, 2.75) is 45.4 Å². The van der Waals surface area contributed by atoms with Crippen LogP contribution in [0.4, 0.5) is 0 Å². The Morgan fingerprint density at radius 3 is 2.46 bits per heavy atom. The van der Waals surface area contributed by atoms with Gasteiger partial charge in [0.1, 0.15) is 0 Å². The molecule has 2 aromatic rings. The molecule has 26 heavy (non-hydrogen) atoms. The molecule has 0 aliphatic heterocycles. The molecule has 2 rings (SSSR count). The van der Waals surface area contributed by atoms with Gasteiger partial charge in [0.05, 0.1) is 23.8 Å². The Morgan fingerprint density at radius 2 is 1.77 bits per heavy atom. The van der Waals surface area contributed by atoms with Gasteiger partial charge in [0.25, 0.3) is 0 Å². The van der Waals surface area contributed by atoms with Gasteiger partial charge in [0, 0.05) is 6.20 Å². The van der Waals surface area contributed by atoms with Crippen molar-refractivity contribution in [3.8, 4) is 5.69 Å². The zero-order valence-electron chi connectivity index (χ0n) is 15.1. The fourth-order valence-electron chi connectivity index (χ4n) is 2.42. The fraction of sp³-hybridized carbons (Fsp3) is 0.400. The maximum Gasteiger partial charge on any atom is 0.399 e. The molecule has 6 heteroatoms. The molecule has 0 saturated carbocycles. The summed E-state index contributed by atoms with van der Waals surface area (Å²) in [6, 6.07) is 11.2. The van der Waals surface area contributed by atoms with Crippen LogP contribution >= 0.6 is 0 Å². The van der Waals surface area contributed by atoms with Crippen molar-refractivity contribution in [3.63, 3.8) is 0 Å². The van der Waals surface area contributed by atoms with E-state index in [-0.39, 0.29) is 6.61 Å². The molecular weight excluding hydrogens is 330 g/mol. The predicted octanol–water partition coefficient (Wildman–Crippen LogP) is 3.20. The average Bonchev–Trinajstić information content (AvgIpc) is 2.68.